The first-order valence-corrected chi connectivity index (χ1v) is 8.89. The van der Waals surface area contributed by atoms with Gasteiger partial charge in [0.2, 0.25) is 5.88 Å². The van der Waals surface area contributed by atoms with Crippen LogP contribution in [0, 0.1) is 6.92 Å². The summed E-state index contributed by atoms with van der Waals surface area (Å²) in [6.45, 7) is 1.89. The molecule has 0 unspecified atom stereocenters. The van der Waals surface area contributed by atoms with Crippen molar-refractivity contribution >= 4 is 21.5 Å². The van der Waals surface area contributed by atoms with Crippen molar-refractivity contribution in [2.24, 2.45) is 0 Å². The molecule has 6 heteroatoms. The molecule has 3 aromatic rings. The number of hydrogen-bond acceptors (Lipinski definition) is 5. The largest absolute Gasteiger partial charge is 0.358 e. The van der Waals surface area contributed by atoms with E-state index in [1.54, 1.807) is 29.5 Å². The highest BCUT2D eigenvalue weighted by Gasteiger charge is 2.17. The molecule has 3 rings (SSSR count). The lowest BCUT2D eigenvalue weighted by atomic mass is 10.1. The van der Waals surface area contributed by atoms with Gasteiger partial charge >= 0.3 is 10.1 Å². The van der Waals surface area contributed by atoms with Gasteiger partial charge in [-0.2, -0.15) is 19.8 Å². The van der Waals surface area contributed by atoms with Crippen molar-refractivity contribution in [1.82, 2.24) is 4.98 Å². The third kappa shape index (κ3) is 3.18. The number of nitrogens with zero attached hydrogens (tertiary/aromatic N) is 1. The van der Waals surface area contributed by atoms with Crippen molar-refractivity contribution in [1.29, 1.82) is 0 Å². The van der Waals surface area contributed by atoms with E-state index in [1.807, 2.05) is 29.8 Å². The number of thiophene rings is 1. The summed E-state index contributed by atoms with van der Waals surface area (Å²) in [7, 11) is -3.88. The van der Waals surface area contributed by atoms with Gasteiger partial charge in [-0.3, -0.25) is 0 Å². The normalized spacial score (nSPS) is 11.3. The molecule has 0 aliphatic carbocycles. The summed E-state index contributed by atoms with van der Waals surface area (Å²) in [4.78, 5) is 4.09. The third-order valence-electron chi connectivity index (χ3n) is 3.09. The van der Waals surface area contributed by atoms with Crippen molar-refractivity contribution < 1.29 is 12.6 Å². The highest BCUT2D eigenvalue weighted by atomic mass is 32.2. The zero-order valence-corrected chi connectivity index (χ0v) is 13.4. The van der Waals surface area contributed by atoms with E-state index in [1.165, 1.54) is 18.3 Å². The first-order valence-electron chi connectivity index (χ1n) is 6.54. The van der Waals surface area contributed by atoms with E-state index < -0.39 is 10.1 Å². The van der Waals surface area contributed by atoms with Crippen molar-refractivity contribution in [3.63, 3.8) is 0 Å². The molecule has 2 heterocycles. The van der Waals surface area contributed by atoms with Gasteiger partial charge in [-0.1, -0.05) is 17.7 Å². The SMILES string of the molecule is Cc1ccc(S(=O)(=O)Oc2cc(-c3ccsc3)ccn2)cc1. The first kappa shape index (κ1) is 14.7. The highest BCUT2D eigenvalue weighted by Crippen LogP contribution is 2.25. The van der Waals surface area contributed by atoms with Crippen LogP contribution in [0.2, 0.25) is 0 Å². The van der Waals surface area contributed by atoms with Crippen LogP contribution in [0.15, 0.2) is 64.3 Å². The van der Waals surface area contributed by atoms with Crippen LogP contribution in [0.4, 0.5) is 0 Å². The molecular formula is C16H13NO3S2. The molecule has 0 radical (unpaired) electrons. The Kier molecular flexibility index (Phi) is 3.96. The second-order valence-electron chi connectivity index (χ2n) is 4.75. The molecule has 0 bridgehead atoms. The maximum absolute atomic E-state index is 12.3. The Labute approximate surface area is 133 Å². The number of aromatic nitrogens is 1. The van der Waals surface area contributed by atoms with E-state index in [2.05, 4.69) is 4.98 Å². The minimum absolute atomic E-state index is 0.0595. The average molecular weight is 331 g/mol. The highest BCUT2D eigenvalue weighted by molar-refractivity contribution is 7.87. The van der Waals surface area contributed by atoms with Gasteiger partial charge in [0.15, 0.2) is 0 Å². The van der Waals surface area contributed by atoms with Gasteiger partial charge in [0, 0.05) is 12.3 Å². The summed E-state index contributed by atoms with van der Waals surface area (Å²) in [5, 5.41) is 3.94. The van der Waals surface area contributed by atoms with Gasteiger partial charge < -0.3 is 4.18 Å². The fourth-order valence-electron chi connectivity index (χ4n) is 1.93. The van der Waals surface area contributed by atoms with Crippen LogP contribution in [0.5, 0.6) is 5.88 Å². The van der Waals surface area contributed by atoms with Crippen molar-refractivity contribution in [3.8, 4) is 17.0 Å². The topological polar surface area (TPSA) is 56.3 Å². The summed E-state index contributed by atoms with van der Waals surface area (Å²) >= 11 is 1.57. The standard InChI is InChI=1S/C16H13NO3S2/c1-12-2-4-15(5-3-12)22(18,19)20-16-10-13(6-8-17-16)14-7-9-21-11-14/h2-11H,1H3. The molecule has 0 aliphatic rings. The van der Waals surface area contributed by atoms with Crippen molar-refractivity contribution in [2.75, 3.05) is 0 Å². The summed E-state index contributed by atoms with van der Waals surface area (Å²) in [5.41, 5.74) is 2.85. The van der Waals surface area contributed by atoms with Crippen LogP contribution in [0.3, 0.4) is 0 Å². The number of pyridine rings is 1. The fourth-order valence-corrected chi connectivity index (χ4v) is 3.48. The molecule has 0 aliphatic heterocycles. The van der Waals surface area contributed by atoms with Gasteiger partial charge in [-0.05, 0) is 53.1 Å². The lowest BCUT2D eigenvalue weighted by Crippen LogP contribution is -2.10. The molecule has 0 saturated heterocycles. The van der Waals surface area contributed by atoms with Gasteiger partial charge in [0.05, 0.1) is 0 Å². The summed E-state index contributed by atoms with van der Waals surface area (Å²) in [5.74, 6) is 0.0595. The maximum atomic E-state index is 12.3. The third-order valence-corrected chi connectivity index (χ3v) is 5.02. The van der Waals surface area contributed by atoms with Crippen LogP contribution in [-0.4, -0.2) is 13.4 Å². The Balaban J connectivity index is 1.89. The zero-order chi connectivity index (χ0) is 15.6. The minimum Gasteiger partial charge on any atom is -0.358 e. The van der Waals surface area contributed by atoms with Crippen molar-refractivity contribution in [3.05, 3.63) is 65.0 Å². The fraction of sp³-hybridized carbons (Fsp3) is 0.0625. The molecule has 1 aromatic carbocycles. The molecule has 112 valence electrons. The molecule has 0 fully saturated rings. The van der Waals surface area contributed by atoms with Crippen LogP contribution in [0.1, 0.15) is 5.56 Å². The second-order valence-corrected chi connectivity index (χ2v) is 7.07. The van der Waals surface area contributed by atoms with E-state index in [4.69, 9.17) is 4.18 Å². The average Bonchev–Trinajstić information content (AvgIpc) is 3.02. The van der Waals surface area contributed by atoms with E-state index in [0.29, 0.717) is 0 Å². The van der Waals surface area contributed by atoms with E-state index >= 15 is 0 Å². The van der Waals surface area contributed by atoms with Crippen LogP contribution < -0.4 is 4.18 Å². The monoisotopic (exact) mass is 331 g/mol. The predicted molar refractivity (Wildman–Crippen MR) is 86.5 cm³/mol. The zero-order valence-electron chi connectivity index (χ0n) is 11.8. The Bertz CT molecular complexity index is 870. The Morgan fingerprint density at radius 1 is 1.05 bits per heavy atom. The van der Waals surface area contributed by atoms with Crippen LogP contribution in [0.25, 0.3) is 11.1 Å². The number of benzene rings is 1. The minimum atomic E-state index is -3.88. The Morgan fingerprint density at radius 2 is 1.82 bits per heavy atom. The van der Waals surface area contributed by atoms with Gasteiger partial charge in [-0.15, -0.1) is 0 Å². The Hall–Kier alpha value is -2.18. The van der Waals surface area contributed by atoms with Crippen molar-refractivity contribution in [2.45, 2.75) is 11.8 Å². The van der Waals surface area contributed by atoms with Crippen LogP contribution >= 0.6 is 11.3 Å². The molecule has 2 aromatic heterocycles. The van der Waals surface area contributed by atoms with E-state index in [-0.39, 0.29) is 10.8 Å². The number of aryl methyl sites for hydroxylation is 1. The molecule has 0 atom stereocenters. The first-order chi connectivity index (χ1) is 10.5. The number of hydrogen-bond donors (Lipinski definition) is 0. The maximum Gasteiger partial charge on any atom is 0.340 e. The molecule has 4 nitrogen and oxygen atoms in total. The lowest BCUT2D eigenvalue weighted by Gasteiger charge is -2.07. The summed E-state index contributed by atoms with van der Waals surface area (Å²) in [6, 6.07) is 11.9. The molecular weight excluding hydrogens is 318 g/mol. The lowest BCUT2D eigenvalue weighted by molar-refractivity contribution is 0.476. The molecule has 0 N–H and O–H groups in total. The quantitative estimate of drug-likeness (QED) is 0.681. The smallest absolute Gasteiger partial charge is 0.340 e. The second kappa shape index (κ2) is 5.90. The summed E-state index contributed by atoms with van der Waals surface area (Å²) < 4.78 is 29.6. The van der Waals surface area contributed by atoms with Gasteiger partial charge in [-0.25, -0.2) is 4.98 Å². The van der Waals surface area contributed by atoms with Crippen LogP contribution in [-0.2, 0) is 10.1 Å². The van der Waals surface area contributed by atoms with Gasteiger partial charge in [0.1, 0.15) is 4.90 Å². The molecule has 0 spiro atoms. The molecule has 0 saturated carbocycles. The summed E-state index contributed by atoms with van der Waals surface area (Å²) in [6.07, 6.45) is 1.53. The predicted octanol–water partition coefficient (Wildman–Crippen LogP) is 3.89. The number of rotatable bonds is 4. The van der Waals surface area contributed by atoms with E-state index in [0.717, 1.165) is 16.7 Å². The molecule has 0 amide bonds. The molecule has 22 heavy (non-hydrogen) atoms. The Morgan fingerprint density at radius 3 is 2.50 bits per heavy atom. The van der Waals surface area contributed by atoms with E-state index in [9.17, 15) is 8.42 Å². The van der Waals surface area contributed by atoms with Gasteiger partial charge in [0.25, 0.3) is 0 Å².